The molecule has 1 fully saturated rings. The molecule has 1 aliphatic rings. The Bertz CT molecular complexity index is 617. The Balaban J connectivity index is 1.74. The Morgan fingerprint density at radius 3 is 2.81 bits per heavy atom. The monoisotopic (exact) mass is 293 g/mol. The minimum absolute atomic E-state index is 0.0958. The van der Waals surface area contributed by atoms with Crippen LogP contribution in [0.5, 0.6) is 0 Å². The number of nitrogens with zero attached hydrogens (tertiary/aromatic N) is 3. The molecule has 6 nitrogen and oxygen atoms in total. The highest BCUT2D eigenvalue weighted by Crippen LogP contribution is 2.30. The third kappa shape index (κ3) is 2.69. The fourth-order valence-electron chi connectivity index (χ4n) is 2.29. The lowest BCUT2D eigenvalue weighted by Crippen LogP contribution is -2.38. The zero-order valence-electron chi connectivity index (χ0n) is 11.0. The van der Waals surface area contributed by atoms with Crippen LogP contribution in [0.25, 0.3) is 0 Å². The Morgan fingerprint density at radius 2 is 2.14 bits per heavy atom. The van der Waals surface area contributed by atoms with Gasteiger partial charge < -0.3 is 10.2 Å². The zero-order chi connectivity index (χ0) is 14.9. The van der Waals surface area contributed by atoms with Gasteiger partial charge in [0.15, 0.2) is 0 Å². The van der Waals surface area contributed by atoms with Crippen LogP contribution >= 0.6 is 0 Å². The Morgan fingerprint density at radius 1 is 1.38 bits per heavy atom. The molecule has 110 valence electrons. The Hall–Kier alpha value is -2.51. The summed E-state index contributed by atoms with van der Waals surface area (Å²) < 4.78 is 28.0. The third-order valence-electron chi connectivity index (χ3n) is 3.35. The van der Waals surface area contributed by atoms with Gasteiger partial charge in [-0.25, -0.2) is 18.9 Å². The number of aromatic amines is 1. The second kappa shape index (κ2) is 5.12. The molecule has 2 aromatic rings. The molecule has 1 aromatic heterocycles. The Kier molecular flexibility index (Phi) is 3.28. The minimum Gasteiger partial charge on any atom is -0.344 e. The first-order chi connectivity index (χ1) is 10.1. The molecule has 0 radical (unpaired) electrons. The Labute approximate surface area is 119 Å². The van der Waals surface area contributed by atoms with Crippen LogP contribution in [-0.4, -0.2) is 51.0 Å². The van der Waals surface area contributed by atoms with Crippen LogP contribution in [0, 0.1) is 0 Å². The fourth-order valence-corrected chi connectivity index (χ4v) is 2.29. The van der Waals surface area contributed by atoms with Gasteiger partial charge in [-0.3, -0.25) is 4.79 Å². The number of carbonyl (C=O) groups is 1. The molecule has 2 heterocycles. The number of likely N-dealkylation sites (tertiary alicyclic amines) is 1. The van der Waals surface area contributed by atoms with Gasteiger partial charge in [-0.05, 0) is 12.1 Å². The van der Waals surface area contributed by atoms with Crippen LogP contribution in [0.1, 0.15) is 10.4 Å². The second-order valence-electron chi connectivity index (χ2n) is 4.84. The van der Waals surface area contributed by atoms with Crippen molar-refractivity contribution in [3.63, 3.8) is 0 Å². The summed E-state index contributed by atoms with van der Waals surface area (Å²) in [5.41, 5.74) is 0.397. The van der Waals surface area contributed by atoms with Crippen molar-refractivity contribution in [2.24, 2.45) is 0 Å². The predicted molar refractivity (Wildman–Crippen MR) is 71.1 cm³/mol. The van der Waals surface area contributed by atoms with Gasteiger partial charge in [0.25, 0.3) is 11.8 Å². The second-order valence-corrected chi connectivity index (χ2v) is 4.84. The van der Waals surface area contributed by atoms with Crippen molar-refractivity contribution in [1.29, 1.82) is 0 Å². The highest BCUT2D eigenvalue weighted by Gasteiger charge is 2.50. The lowest BCUT2D eigenvalue weighted by molar-refractivity contribution is 0.00417. The molecule has 0 aliphatic carbocycles. The van der Waals surface area contributed by atoms with Gasteiger partial charge in [0.05, 0.1) is 6.54 Å². The van der Waals surface area contributed by atoms with Crippen molar-refractivity contribution < 1.29 is 13.6 Å². The van der Waals surface area contributed by atoms with E-state index >= 15 is 0 Å². The van der Waals surface area contributed by atoms with Gasteiger partial charge in [-0.15, -0.1) is 0 Å². The standard InChI is InChI=1S/C13H13F2N5O/c14-13(15)7-20(11(21)9-4-2-1-3-5-9)6-10(13)18-12-16-8-17-19-12/h1-5,8,10H,6-7H2,(H2,16,17,18,19). The lowest BCUT2D eigenvalue weighted by atomic mass is 10.2. The van der Waals surface area contributed by atoms with Crippen LogP contribution in [-0.2, 0) is 0 Å². The van der Waals surface area contributed by atoms with E-state index in [1.807, 2.05) is 0 Å². The van der Waals surface area contributed by atoms with Crippen LogP contribution in [0.4, 0.5) is 14.7 Å². The smallest absolute Gasteiger partial charge is 0.286 e. The number of carbonyl (C=O) groups excluding carboxylic acids is 1. The van der Waals surface area contributed by atoms with E-state index in [4.69, 9.17) is 0 Å². The fraction of sp³-hybridized carbons (Fsp3) is 0.308. The van der Waals surface area contributed by atoms with E-state index in [0.717, 1.165) is 4.90 Å². The molecule has 1 saturated heterocycles. The molecule has 0 saturated carbocycles. The van der Waals surface area contributed by atoms with Crippen LogP contribution in [0.15, 0.2) is 36.7 Å². The molecular weight excluding hydrogens is 280 g/mol. The summed E-state index contributed by atoms with van der Waals surface area (Å²) in [4.78, 5) is 17.1. The summed E-state index contributed by atoms with van der Waals surface area (Å²) in [6.45, 7) is -0.714. The summed E-state index contributed by atoms with van der Waals surface area (Å²) in [6.07, 6.45) is 1.22. The third-order valence-corrected chi connectivity index (χ3v) is 3.35. The molecule has 3 rings (SSSR count). The summed E-state index contributed by atoms with van der Waals surface area (Å²) in [7, 11) is 0. The maximum atomic E-state index is 14.0. The molecule has 8 heteroatoms. The minimum atomic E-state index is -3.03. The van der Waals surface area contributed by atoms with Crippen molar-refractivity contribution >= 4 is 11.9 Å². The maximum absolute atomic E-state index is 14.0. The van der Waals surface area contributed by atoms with Crippen LogP contribution < -0.4 is 5.32 Å². The summed E-state index contributed by atoms with van der Waals surface area (Å²) >= 11 is 0. The van der Waals surface area contributed by atoms with Crippen molar-refractivity contribution in [1.82, 2.24) is 20.1 Å². The zero-order valence-corrected chi connectivity index (χ0v) is 11.0. The number of rotatable bonds is 3. The van der Waals surface area contributed by atoms with E-state index in [1.54, 1.807) is 30.3 Å². The van der Waals surface area contributed by atoms with Crippen LogP contribution in [0.2, 0.25) is 0 Å². The summed E-state index contributed by atoms with van der Waals surface area (Å²) in [6, 6.07) is 7.19. The number of amides is 1. The summed E-state index contributed by atoms with van der Waals surface area (Å²) in [5.74, 6) is -3.28. The maximum Gasteiger partial charge on any atom is 0.286 e. The lowest BCUT2D eigenvalue weighted by Gasteiger charge is -2.17. The number of anilines is 1. The molecule has 2 N–H and O–H groups in total. The molecule has 1 amide bonds. The number of hydrogen-bond acceptors (Lipinski definition) is 4. The first-order valence-corrected chi connectivity index (χ1v) is 6.40. The normalized spacial score (nSPS) is 20.5. The highest BCUT2D eigenvalue weighted by atomic mass is 19.3. The summed E-state index contributed by atoms with van der Waals surface area (Å²) in [5, 5.41) is 8.63. The number of halogens is 2. The topological polar surface area (TPSA) is 73.9 Å². The van der Waals surface area contributed by atoms with Crippen molar-refractivity contribution in [2.45, 2.75) is 12.0 Å². The van der Waals surface area contributed by atoms with E-state index in [0.29, 0.717) is 5.56 Å². The largest absolute Gasteiger partial charge is 0.344 e. The van der Waals surface area contributed by atoms with E-state index < -0.39 is 24.4 Å². The van der Waals surface area contributed by atoms with Crippen LogP contribution in [0.3, 0.4) is 0 Å². The average molecular weight is 293 g/mol. The number of nitrogens with one attached hydrogen (secondary N) is 2. The predicted octanol–water partition coefficient (Wildman–Crippen LogP) is 1.38. The van der Waals surface area contributed by atoms with Crippen molar-refractivity contribution in [3.8, 4) is 0 Å². The molecule has 1 aliphatic heterocycles. The van der Waals surface area contributed by atoms with Gasteiger partial charge in [-0.2, -0.15) is 5.10 Å². The molecule has 0 bridgehead atoms. The van der Waals surface area contributed by atoms with Crippen molar-refractivity contribution in [2.75, 3.05) is 18.4 Å². The van der Waals surface area contributed by atoms with E-state index in [1.165, 1.54) is 6.33 Å². The number of hydrogen-bond donors (Lipinski definition) is 2. The molecule has 21 heavy (non-hydrogen) atoms. The van der Waals surface area contributed by atoms with Gasteiger partial charge in [0.1, 0.15) is 12.4 Å². The quantitative estimate of drug-likeness (QED) is 0.896. The SMILES string of the molecule is O=C(c1ccccc1)N1CC(Nc2ncn[nH]2)C(F)(F)C1. The van der Waals surface area contributed by atoms with E-state index in [2.05, 4.69) is 20.5 Å². The molecule has 1 unspecified atom stereocenters. The van der Waals surface area contributed by atoms with Crippen molar-refractivity contribution in [3.05, 3.63) is 42.2 Å². The molecule has 1 atom stereocenters. The molecule has 1 aromatic carbocycles. The average Bonchev–Trinajstić information content (AvgIpc) is 3.08. The number of benzene rings is 1. The van der Waals surface area contributed by atoms with Gasteiger partial charge in [0, 0.05) is 12.1 Å². The molecular formula is C13H13F2N5O. The van der Waals surface area contributed by atoms with Gasteiger partial charge >= 0.3 is 0 Å². The highest BCUT2D eigenvalue weighted by molar-refractivity contribution is 5.94. The first-order valence-electron chi connectivity index (χ1n) is 6.40. The number of H-pyrrole nitrogens is 1. The molecule has 0 spiro atoms. The van der Waals surface area contributed by atoms with Gasteiger partial charge in [0.2, 0.25) is 5.95 Å². The number of aromatic nitrogens is 3. The van der Waals surface area contributed by atoms with E-state index in [-0.39, 0.29) is 12.5 Å². The van der Waals surface area contributed by atoms with Gasteiger partial charge in [-0.1, -0.05) is 18.2 Å². The van der Waals surface area contributed by atoms with E-state index in [9.17, 15) is 13.6 Å². The number of alkyl halides is 2. The first kappa shape index (κ1) is 13.5.